The van der Waals surface area contributed by atoms with Crippen LogP contribution in [0, 0.1) is 0 Å². The Morgan fingerprint density at radius 1 is 1.15 bits per heavy atom. The van der Waals surface area contributed by atoms with Crippen molar-refractivity contribution < 1.29 is 17.9 Å². The van der Waals surface area contributed by atoms with E-state index in [1.54, 1.807) is 30.2 Å². The predicted octanol–water partition coefficient (Wildman–Crippen LogP) is 2.97. The number of hydrogen-bond donors (Lipinski definition) is 2. The van der Waals surface area contributed by atoms with Gasteiger partial charge in [0, 0.05) is 12.1 Å². The molecule has 0 radical (unpaired) electrons. The average molecular weight is 389 g/mol. The van der Waals surface area contributed by atoms with E-state index in [0.29, 0.717) is 6.54 Å². The van der Waals surface area contributed by atoms with Crippen molar-refractivity contribution in [1.82, 2.24) is 9.62 Å². The summed E-state index contributed by atoms with van der Waals surface area (Å²) >= 11 is 0. The highest BCUT2D eigenvalue weighted by atomic mass is 32.2. The van der Waals surface area contributed by atoms with Gasteiger partial charge in [-0.25, -0.2) is 17.9 Å². The van der Waals surface area contributed by atoms with Crippen molar-refractivity contribution >= 4 is 21.7 Å². The molecule has 0 aliphatic carbocycles. The van der Waals surface area contributed by atoms with Crippen LogP contribution >= 0.6 is 0 Å². The molecule has 1 aliphatic rings. The number of rotatable bonds is 5. The summed E-state index contributed by atoms with van der Waals surface area (Å²) < 4.78 is 32.1. The zero-order valence-corrected chi connectivity index (χ0v) is 16.1. The number of likely N-dealkylation sites (tertiary alicyclic amines) is 1. The van der Waals surface area contributed by atoms with Gasteiger partial charge in [0.2, 0.25) is 10.0 Å². The minimum absolute atomic E-state index is 0.0360. The average Bonchev–Trinajstić information content (AvgIpc) is 3.18. The molecule has 1 heterocycles. The molecule has 27 heavy (non-hydrogen) atoms. The maximum Gasteiger partial charge on any atom is 0.322 e. The van der Waals surface area contributed by atoms with Gasteiger partial charge in [-0.2, -0.15) is 0 Å². The third-order valence-electron chi connectivity index (χ3n) is 4.70. The number of methoxy groups -OCH3 is 1. The van der Waals surface area contributed by atoms with Crippen LogP contribution in [0.15, 0.2) is 53.4 Å². The van der Waals surface area contributed by atoms with Crippen molar-refractivity contribution in [2.75, 3.05) is 26.0 Å². The zero-order valence-electron chi connectivity index (χ0n) is 15.3. The molecular formula is C19H23N3O4S. The van der Waals surface area contributed by atoms with Crippen LogP contribution in [0.4, 0.5) is 10.5 Å². The largest absolute Gasteiger partial charge is 0.496 e. The molecular weight excluding hydrogens is 366 g/mol. The Balaban J connectivity index is 1.87. The van der Waals surface area contributed by atoms with Crippen molar-refractivity contribution in [3.05, 3.63) is 54.1 Å². The number of carbonyl (C=O) groups excluding carboxylic acids is 1. The standard InChI is InChI=1S/C19H23N3O4S/c1-20-27(24,25)18-12-6-4-9-15(18)21-19(23)22-13-7-10-16(22)14-8-3-5-11-17(14)26-2/h3-6,8-9,11-12,16,20H,7,10,13H2,1-2H3,(H,21,23)/t16-/m1/s1. The lowest BCUT2D eigenvalue weighted by Crippen LogP contribution is -2.35. The number of ether oxygens (including phenoxy) is 1. The smallest absolute Gasteiger partial charge is 0.322 e. The Labute approximate surface area is 159 Å². The summed E-state index contributed by atoms with van der Waals surface area (Å²) in [5, 5.41) is 2.76. The van der Waals surface area contributed by atoms with Gasteiger partial charge in [0.05, 0.1) is 18.8 Å². The van der Waals surface area contributed by atoms with Crippen molar-refractivity contribution in [3.8, 4) is 5.75 Å². The molecule has 0 spiro atoms. The summed E-state index contributed by atoms with van der Waals surface area (Å²) in [6, 6.07) is 13.5. The monoisotopic (exact) mass is 389 g/mol. The molecule has 2 aromatic rings. The summed E-state index contributed by atoms with van der Waals surface area (Å²) in [4.78, 5) is 14.7. The third kappa shape index (κ3) is 3.91. The minimum Gasteiger partial charge on any atom is -0.496 e. The van der Waals surface area contributed by atoms with Gasteiger partial charge in [-0.05, 0) is 38.1 Å². The van der Waals surface area contributed by atoms with E-state index in [1.807, 2.05) is 24.3 Å². The van der Waals surface area contributed by atoms with Crippen molar-refractivity contribution in [2.24, 2.45) is 0 Å². The molecule has 0 saturated carbocycles. The van der Waals surface area contributed by atoms with Crippen LogP contribution in [0.1, 0.15) is 24.4 Å². The van der Waals surface area contributed by atoms with Crippen molar-refractivity contribution in [2.45, 2.75) is 23.8 Å². The first-order chi connectivity index (χ1) is 13.0. The van der Waals surface area contributed by atoms with Crippen LogP contribution < -0.4 is 14.8 Å². The van der Waals surface area contributed by atoms with E-state index in [0.717, 1.165) is 24.2 Å². The second-order valence-electron chi connectivity index (χ2n) is 6.23. The third-order valence-corrected chi connectivity index (χ3v) is 6.17. The number of nitrogens with zero attached hydrogens (tertiary/aromatic N) is 1. The summed E-state index contributed by atoms with van der Waals surface area (Å²) in [6.45, 7) is 0.593. The number of urea groups is 1. The lowest BCUT2D eigenvalue weighted by molar-refractivity contribution is 0.206. The number of sulfonamides is 1. The molecule has 2 aromatic carbocycles. The lowest BCUT2D eigenvalue weighted by atomic mass is 10.0. The van der Waals surface area contributed by atoms with Gasteiger partial charge in [0.25, 0.3) is 0 Å². The number of benzene rings is 2. The first kappa shape index (κ1) is 19.2. The van der Waals surface area contributed by atoms with E-state index in [2.05, 4.69) is 10.0 Å². The normalized spacial score (nSPS) is 17.0. The molecule has 1 saturated heterocycles. The maximum atomic E-state index is 12.9. The number of amides is 2. The highest BCUT2D eigenvalue weighted by Gasteiger charge is 2.32. The molecule has 7 nitrogen and oxygen atoms in total. The van der Waals surface area contributed by atoms with Gasteiger partial charge < -0.3 is 15.0 Å². The van der Waals surface area contributed by atoms with E-state index >= 15 is 0 Å². The van der Waals surface area contributed by atoms with Crippen LogP contribution in [-0.2, 0) is 10.0 Å². The molecule has 0 unspecified atom stereocenters. The van der Waals surface area contributed by atoms with E-state index < -0.39 is 10.0 Å². The van der Waals surface area contributed by atoms with Gasteiger partial charge in [-0.3, -0.25) is 0 Å². The molecule has 8 heteroatoms. The number of para-hydroxylation sites is 2. The van der Waals surface area contributed by atoms with E-state index in [1.165, 1.54) is 13.1 Å². The number of anilines is 1. The van der Waals surface area contributed by atoms with Gasteiger partial charge >= 0.3 is 6.03 Å². The van der Waals surface area contributed by atoms with Gasteiger partial charge in [-0.15, -0.1) is 0 Å². The first-order valence-electron chi connectivity index (χ1n) is 8.71. The van der Waals surface area contributed by atoms with Crippen molar-refractivity contribution in [1.29, 1.82) is 0 Å². The van der Waals surface area contributed by atoms with Crippen LogP contribution in [0.25, 0.3) is 0 Å². The van der Waals surface area contributed by atoms with E-state index in [-0.39, 0.29) is 22.7 Å². The molecule has 0 aromatic heterocycles. The van der Waals surface area contributed by atoms with Crippen molar-refractivity contribution in [3.63, 3.8) is 0 Å². The molecule has 2 N–H and O–H groups in total. The Morgan fingerprint density at radius 3 is 2.59 bits per heavy atom. The van der Waals surface area contributed by atoms with E-state index in [4.69, 9.17) is 4.74 Å². The fraction of sp³-hybridized carbons (Fsp3) is 0.316. The molecule has 1 aliphatic heterocycles. The molecule has 2 amide bonds. The maximum absolute atomic E-state index is 12.9. The summed E-state index contributed by atoms with van der Waals surface area (Å²) in [5.74, 6) is 0.736. The van der Waals surface area contributed by atoms with E-state index in [9.17, 15) is 13.2 Å². The summed E-state index contributed by atoms with van der Waals surface area (Å²) in [5.41, 5.74) is 1.20. The number of carbonyl (C=O) groups is 1. The van der Waals surface area contributed by atoms with Gasteiger partial charge in [-0.1, -0.05) is 30.3 Å². The zero-order chi connectivity index (χ0) is 19.4. The van der Waals surface area contributed by atoms with Crippen LogP contribution in [0.3, 0.4) is 0 Å². The van der Waals surface area contributed by atoms with Crippen LogP contribution in [0.5, 0.6) is 5.75 Å². The molecule has 144 valence electrons. The fourth-order valence-corrected chi connectivity index (χ4v) is 4.26. The number of nitrogens with one attached hydrogen (secondary N) is 2. The van der Waals surface area contributed by atoms with Gasteiger partial charge in [0.1, 0.15) is 10.6 Å². The quantitative estimate of drug-likeness (QED) is 0.823. The Kier molecular flexibility index (Phi) is 5.67. The molecule has 3 rings (SSSR count). The molecule has 1 atom stereocenters. The van der Waals surface area contributed by atoms with Gasteiger partial charge in [0.15, 0.2) is 0 Å². The minimum atomic E-state index is -3.68. The second-order valence-corrected chi connectivity index (χ2v) is 8.08. The Morgan fingerprint density at radius 2 is 1.85 bits per heavy atom. The Hall–Kier alpha value is -2.58. The Bertz CT molecular complexity index is 930. The topological polar surface area (TPSA) is 87.7 Å². The van der Waals surface area contributed by atoms with Crippen LogP contribution in [0.2, 0.25) is 0 Å². The second kappa shape index (κ2) is 7.98. The highest BCUT2D eigenvalue weighted by molar-refractivity contribution is 7.89. The first-order valence-corrected chi connectivity index (χ1v) is 10.2. The molecule has 1 fully saturated rings. The fourth-order valence-electron chi connectivity index (χ4n) is 3.38. The molecule has 0 bridgehead atoms. The number of hydrogen-bond acceptors (Lipinski definition) is 4. The van der Waals surface area contributed by atoms with Crippen LogP contribution in [-0.4, -0.2) is 40.1 Å². The lowest BCUT2D eigenvalue weighted by Gasteiger charge is -2.27. The predicted molar refractivity (Wildman–Crippen MR) is 103 cm³/mol. The summed E-state index contributed by atoms with van der Waals surface area (Å²) in [7, 11) is -0.730. The SMILES string of the molecule is CNS(=O)(=O)c1ccccc1NC(=O)N1CCC[C@@H]1c1ccccc1OC. The summed E-state index contributed by atoms with van der Waals surface area (Å²) in [6.07, 6.45) is 1.69. The highest BCUT2D eigenvalue weighted by Crippen LogP contribution is 2.37.